The molecule has 0 atom stereocenters. The van der Waals surface area contributed by atoms with Crippen LogP contribution in [0, 0.1) is 5.41 Å². The van der Waals surface area contributed by atoms with Crippen LogP contribution < -0.4 is 4.90 Å². The van der Waals surface area contributed by atoms with E-state index in [2.05, 4.69) is 6.07 Å². The lowest BCUT2D eigenvalue weighted by Gasteiger charge is -2.23. The molecule has 0 aliphatic heterocycles. The van der Waals surface area contributed by atoms with Crippen LogP contribution in [0.4, 0.5) is 5.69 Å². The van der Waals surface area contributed by atoms with Crippen LogP contribution in [0.25, 0.3) is 10.8 Å². The topological polar surface area (TPSA) is 60.8 Å². The monoisotopic (exact) mass is 425 g/mol. The molecular weight excluding hydrogens is 405 g/mol. The predicted molar refractivity (Wildman–Crippen MR) is 101 cm³/mol. The minimum absolute atomic E-state index is 0.00651. The highest BCUT2D eigenvalue weighted by Crippen LogP contribution is 2.43. The van der Waals surface area contributed by atoms with E-state index in [1.807, 2.05) is 59.8 Å². The van der Waals surface area contributed by atoms with Gasteiger partial charge in [0.2, 0.25) is 3.79 Å². The summed E-state index contributed by atoms with van der Waals surface area (Å²) in [5, 5.41) is 21.5. The zero-order chi connectivity index (χ0) is 16.8. The molecule has 0 unspecified atom stereocenters. The summed E-state index contributed by atoms with van der Waals surface area (Å²) in [4.78, 5) is 14.4. The van der Waals surface area contributed by atoms with Crippen LogP contribution >= 0.6 is 22.6 Å². The van der Waals surface area contributed by atoms with E-state index in [0.29, 0.717) is 12.8 Å². The quantitative estimate of drug-likeness (QED) is 0.584. The summed E-state index contributed by atoms with van der Waals surface area (Å²) in [6.45, 7) is -0.159. The van der Waals surface area contributed by atoms with Gasteiger partial charge in [-0.3, -0.25) is 4.79 Å². The third-order valence-corrected chi connectivity index (χ3v) is 5.37. The minimum Gasteiger partial charge on any atom is -0.396 e. The Bertz CT molecular complexity index is 781. The molecule has 4 nitrogen and oxygen atoms in total. The summed E-state index contributed by atoms with van der Waals surface area (Å²) in [5.41, 5.74) is 3.28. The van der Waals surface area contributed by atoms with Gasteiger partial charge in [-0.15, -0.1) is 0 Å². The Kier molecular flexibility index (Phi) is 4.37. The van der Waals surface area contributed by atoms with Gasteiger partial charge in [0.25, 0.3) is 0 Å². The molecule has 5 heteroatoms. The maximum atomic E-state index is 12.3. The van der Waals surface area contributed by atoms with Crippen molar-refractivity contribution in [2.45, 2.75) is 12.8 Å². The lowest BCUT2D eigenvalue weighted by Crippen LogP contribution is -2.30. The van der Waals surface area contributed by atoms with Crippen LogP contribution in [-0.2, 0) is 12.8 Å². The molecular formula is C18H20INO3. The number of carbonyl (C=O) groups excluding carboxylic acids is 1. The fraction of sp³-hybridized carbons (Fsp3) is 0.389. The maximum absolute atomic E-state index is 12.3. The Hall–Kier alpha value is -1.18. The molecule has 0 heterocycles. The van der Waals surface area contributed by atoms with Gasteiger partial charge in [0.1, 0.15) is 0 Å². The molecule has 0 saturated carbocycles. The van der Waals surface area contributed by atoms with Gasteiger partial charge in [-0.1, -0.05) is 12.1 Å². The van der Waals surface area contributed by atoms with E-state index in [9.17, 15) is 15.0 Å². The molecule has 2 N–H and O–H groups in total. The number of nitrogens with zero attached hydrogens (tertiary/aromatic N) is 1. The van der Waals surface area contributed by atoms with Crippen molar-refractivity contribution >= 4 is 42.8 Å². The second-order valence-electron chi connectivity index (χ2n) is 6.60. The van der Waals surface area contributed by atoms with E-state index in [4.69, 9.17) is 0 Å². The van der Waals surface area contributed by atoms with E-state index >= 15 is 0 Å². The number of hydrogen-bond donors (Lipinski definition) is 2. The van der Waals surface area contributed by atoms with Gasteiger partial charge in [-0.05, 0) is 41.5 Å². The molecule has 0 aromatic heterocycles. The Labute approximate surface area is 149 Å². The van der Waals surface area contributed by atoms with Crippen molar-refractivity contribution in [2.75, 3.05) is 32.2 Å². The van der Waals surface area contributed by atoms with E-state index in [1.54, 1.807) is 0 Å². The number of benzene rings is 2. The van der Waals surface area contributed by atoms with Gasteiger partial charge < -0.3 is 15.1 Å². The smallest absolute Gasteiger partial charge is 0.223 e. The number of anilines is 1. The standard InChI is InChI=1S/C18H20INO3/c1-20(2)15-5-3-4-12-13(15)6-11-7-18(9-21,10-22)8-14(11)16(12)17(19)23/h3-6,21-22H,7-10H2,1-2H3. The Balaban J connectivity index is 2.33. The number of halogens is 1. The number of rotatable bonds is 4. The number of fused-ring (bicyclic) bond motifs is 2. The first-order valence-corrected chi connectivity index (χ1v) is 8.67. The highest BCUT2D eigenvalue weighted by molar-refractivity contribution is 14.1. The van der Waals surface area contributed by atoms with Crippen LogP contribution in [-0.4, -0.2) is 41.3 Å². The highest BCUT2D eigenvalue weighted by atomic mass is 127. The normalized spacial score (nSPS) is 15.7. The summed E-state index contributed by atoms with van der Waals surface area (Å²) in [6.07, 6.45) is 1.14. The van der Waals surface area contributed by atoms with Crippen molar-refractivity contribution in [3.8, 4) is 0 Å². The Morgan fingerprint density at radius 1 is 1.22 bits per heavy atom. The summed E-state index contributed by atoms with van der Waals surface area (Å²) < 4.78 is 0.00651. The first kappa shape index (κ1) is 16.7. The first-order chi connectivity index (χ1) is 10.9. The molecule has 0 amide bonds. The van der Waals surface area contributed by atoms with Crippen LogP contribution in [0.15, 0.2) is 24.3 Å². The average Bonchev–Trinajstić information content (AvgIpc) is 2.90. The largest absolute Gasteiger partial charge is 0.396 e. The van der Waals surface area contributed by atoms with Gasteiger partial charge in [0.15, 0.2) is 0 Å². The SMILES string of the molecule is CN(C)c1cccc2c(C(=O)I)c3c(cc12)CC(CO)(CO)C3. The van der Waals surface area contributed by atoms with Crippen LogP contribution in [0.1, 0.15) is 21.5 Å². The number of aliphatic hydroxyl groups excluding tert-OH is 2. The lowest BCUT2D eigenvalue weighted by atomic mass is 9.86. The van der Waals surface area contributed by atoms with Gasteiger partial charge >= 0.3 is 0 Å². The number of carbonyl (C=O) groups is 1. The molecule has 3 rings (SSSR count). The average molecular weight is 425 g/mol. The first-order valence-electron chi connectivity index (χ1n) is 7.59. The van der Waals surface area contributed by atoms with Crippen LogP contribution in [0.2, 0.25) is 0 Å². The molecule has 2 aromatic carbocycles. The number of aliphatic hydroxyl groups is 2. The molecule has 0 bridgehead atoms. The second-order valence-corrected chi connectivity index (χ2v) is 7.58. The van der Waals surface area contributed by atoms with Crippen molar-refractivity contribution < 1.29 is 15.0 Å². The van der Waals surface area contributed by atoms with E-state index in [1.165, 1.54) is 0 Å². The molecule has 23 heavy (non-hydrogen) atoms. The fourth-order valence-corrected chi connectivity index (χ4v) is 4.21. The maximum Gasteiger partial charge on any atom is 0.223 e. The number of hydrogen-bond acceptors (Lipinski definition) is 4. The molecule has 0 radical (unpaired) electrons. The van der Waals surface area contributed by atoms with Gasteiger partial charge in [0, 0.05) is 58.7 Å². The molecule has 1 aliphatic rings. The molecule has 0 spiro atoms. The Morgan fingerprint density at radius 3 is 2.48 bits per heavy atom. The third-order valence-electron chi connectivity index (χ3n) is 4.83. The van der Waals surface area contributed by atoms with Crippen molar-refractivity contribution in [3.05, 3.63) is 41.0 Å². The molecule has 2 aromatic rings. The molecule has 0 fully saturated rings. The zero-order valence-electron chi connectivity index (χ0n) is 13.3. The summed E-state index contributed by atoms with van der Waals surface area (Å²) >= 11 is 1.84. The van der Waals surface area contributed by atoms with E-state index < -0.39 is 5.41 Å². The lowest BCUT2D eigenvalue weighted by molar-refractivity contribution is 0.0633. The van der Waals surface area contributed by atoms with Crippen molar-refractivity contribution in [1.82, 2.24) is 0 Å². The summed E-state index contributed by atoms with van der Waals surface area (Å²) in [6, 6.07) is 8.10. The zero-order valence-corrected chi connectivity index (χ0v) is 15.4. The van der Waals surface area contributed by atoms with Crippen molar-refractivity contribution in [3.63, 3.8) is 0 Å². The van der Waals surface area contributed by atoms with Crippen molar-refractivity contribution in [1.29, 1.82) is 0 Å². The van der Waals surface area contributed by atoms with Crippen molar-refractivity contribution in [2.24, 2.45) is 5.41 Å². The van der Waals surface area contributed by atoms with Crippen LogP contribution in [0.5, 0.6) is 0 Å². The van der Waals surface area contributed by atoms with E-state index in [0.717, 1.165) is 33.2 Å². The molecule has 1 aliphatic carbocycles. The predicted octanol–water partition coefficient (Wildman–Crippen LogP) is 2.55. The highest BCUT2D eigenvalue weighted by Gasteiger charge is 2.39. The van der Waals surface area contributed by atoms with Gasteiger partial charge in [-0.25, -0.2) is 0 Å². The van der Waals surface area contributed by atoms with E-state index in [-0.39, 0.29) is 17.0 Å². The minimum atomic E-state index is -0.557. The Morgan fingerprint density at radius 2 is 1.91 bits per heavy atom. The van der Waals surface area contributed by atoms with Gasteiger partial charge in [0.05, 0.1) is 13.2 Å². The second kappa shape index (κ2) is 6.03. The third kappa shape index (κ3) is 2.64. The summed E-state index contributed by atoms with van der Waals surface area (Å²) in [7, 11) is 3.97. The van der Waals surface area contributed by atoms with Crippen LogP contribution in [0.3, 0.4) is 0 Å². The van der Waals surface area contributed by atoms with Gasteiger partial charge in [-0.2, -0.15) is 0 Å². The summed E-state index contributed by atoms with van der Waals surface area (Å²) in [5.74, 6) is 0. The fourth-order valence-electron chi connectivity index (χ4n) is 3.60. The molecule has 122 valence electrons. The molecule has 0 saturated heterocycles.